The molecular weight excluding hydrogens is 949 g/mol. The van der Waals surface area contributed by atoms with Crippen LogP contribution >= 0.6 is 0 Å². The van der Waals surface area contributed by atoms with E-state index < -0.39 is 148 Å². The maximum absolute atomic E-state index is 12.3. The lowest BCUT2D eigenvalue weighted by Gasteiger charge is -2.59. The Bertz CT molecular complexity index is 1910. The summed E-state index contributed by atoms with van der Waals surface area (Å²) >= 11 is 0. The van der Waals surface area contributed by atoms with Gasteiger partial charge in [0, 0.05) is 12.3 Å². The van der Waals surface area contributed by atoms with Crippen molar-refractivity contribution in [2.75, 3.05) is 19.8 Å². The highest BCUT2D eigenvalue weighted by Crippen LogP contribution is 2.71. The molecule has 10 rings (SSSR count). The molecule has 0 bridgehead atoms. The van der Waals surface area contributed by atoms with Crippen molar-refractivity contribution in [2.45, 2.75) is 240 Å². The fourth-order valence-corrected chi connectivity index (χ4v) is 15.5. The molecule has 31 unspecified atom stereocenters. The van der Waals surface area contributed by atoms with Crippen molar-refractivity contribution in [1.29, 1.82) is 0 Å². The van der Waals surface area contributed by atoms with Crippen molar-refractivity contribution in [1.82, 2.24) is 0 Å². The number of hydrogen-bond acceptors (Lipinski definition) is 21. The molecule has 21 heteroatoms. The van der Waals surface area contributed by atoms with E-state index in [1.54, 1.807) is 0 Å². The molecule has 72 heavy (non-hydrogen) atoms. The van der Waals surface area contributed by atoms with Gasteiger partial charge in [-0.15, -0.1) is 0 Å². The van der Waals surface area contributed by atoms with Crippen LogP contribution in [0.4, 0.5) is 0 Å². The first-order valence-corrected chi connectivity index (χ1v) is 26.7. The fraction of sp³-hybridized carbons (Fsp3) is 0.961. The smallest absolute Gasteiger partial charge is 0.187 e. The second-order valence-electron chi connectivity index (χ2n) is 23.9. The summed E-state index contributed by atoms with van der Waals surface area (Å²) in [6, 6.07) is 0. The van der Waals surface area contributed by atoms with Crippen LogP contribution in [-0.4, -0.2) is 217 Å². The van der Waals surface area contributed by atoms with Crippen LogP contribution in [0.2, 0.25) is 0 Å². The van der Waals surface area contributed by atoms with Gasteiger partial charge in [-0.1, -0.05) is 39.3 Å². The zero-order valence-electron chi connectivity index (χ0n) is 42.2. The quantitative estimate of drug-likeness (QED) is 0.118. The summed E-state index contributed by atoms with van der Waals surface area (Å²) in [6.07, 6.45) is -21.3. The molecule has 4 aliphatic carbocycles. The molecular formula is C51H82O21. The molecule has 412 valence electrons. The number of ether oxygens (including phenoxy) is 10. The van der Waals surface area contributed by atoms with E-state index in [0.29, 0.717) is 48.3 Å². The Morgan fingerprint density at radius 1 is 0.583 bits per heavy atom. The number of hydrogen-bond donors (Lipinski definition) is 11. The third-order valence-corrected chi connectivity index (χ3v) is 19.8. The number of aliphatic hydroxyl groups excluding tert-OH is 11. The minimum Gasteiger partial charge on any atom is -0.394 e. The first-order chi connectivity index (χ1) is 34.1. The molecule has 1 spiro atoms. The van der Waals surface area contributed by atoms with Crippen LogP contribution in [0.25, 0.3) is 0 Å². The molecule has 0 aromatic heterocycles. The van der Waals surface area contributed by atoms with Gasteiger partial charge >= 0.3 is 0 Å². The molecule has 0 amide bonds. The van der Waals surface area contributed by atoms with Gasteiger partial charge < -0.3 is 104 Å². The summed E-state index contributed by atoms with van der Waals surface area (Å²) in [5.41, 5.74) is 1.38. The summed E-state index contributed by atoms with van der Waals surface area (Å²) in [5, 5.41) is 120. The molecule has 11 N–H and O–H groups in total. The zero-order valence-corrected chi connectivity index (χ0v) is 42.2. The van der Waals surface area contributed by atoms with Gasteiger partial charge in [0.25, 0.3) is 0 Å². The van der Waals surface area contributed by atoms with Gasteiger partial charge in [0.15, 0.2) is 30.9 Å². The third-order valence-electron chi connectivity index (χ3n) is 19.8. The van der Waals surface area contributed by atoms with E-state index in [0.717, 1.165) is 51.6 Å². The second kappa shape index (κ2) is 20.6. The average molecular weight is 1030 g/mol. The molecule has 3 saturated carbocycles. The van der Waals surface area contributed by atoms with Crippen LogP contribution in [-0.2, 0) is 47.4 Å². The summed E-state index contributed by atoms with van der Waals surface area (Å²) in [6.45, 7) is 11.6. The van der Waals surface area contributed by atoms with Crippen LogP contribution in [0, 0.1) is 46.3 Å². The molecule has 0 radical (unpaired) electrons. The monoisotopic (exact) mass is 1030 g/mol. The Morgan fingerprint density at radius 3 is 1.82 bits per heavy atom. The minimum absolute atomic E-state index is 0.0798. The lowest BCUT2D eigenvalue weighted by Crippen LogP contribution is -2.67. The molecule has 9 fully saturated rings. The number of allylic oxidation sites excluding steroid dienone is 1. The normalized spacial score (nSPS) is 57.8. The van der Waals surface area contributed by atoms with Gasteiger partial charge in [0.05, 0.1) is 44.2 Å². The van der Waals surface area contributed by atoms with Crippen molar-refractivity contribution < 1.29 is 104 Å². The van der Waals surface area contributed by atoms with Crippen molar-refractivity contribution in [3.05, 3.63) is 11.6 Å². The topological polar surface area (TPSA) is 315 Å². The summed E-state index contributed by atoms with van der Waals surface area (Å²) in [4.78, 5) is 0. The Kier molecular flexibility index (Phi) is 15.5. The standard InChI is InChI=1S/C51H82O21/c1-20-9-14-51(63-19-20)21(2)32-29(72-51)16-28-26-8-7-24-15-25(10-12-49(24,5)27(26)11-13-50(28,32)6)66-48-44(71-46-39(60)37(58)34(55)23(4)65-46)40(61)42(31(18-53)68-48)69-47-41(62)43(35(56)30(17-52)67-47)70-45-38(59)36(57)33(54)22(3)64-45/h7,20-23,25-48,52-62H,8-19H2,1-6H3. The minimum atomic E-state index is -1.94. The van der Waals surface area contributed by atoms with Gasteiger partial charge in [-0.3, -0.25) is 0 Å². The fourth-order valence-electron chi connectivity index (χ4n) is 15.5. The average Bonchev–Trinajstić information content (AvgIpc) is 3.81. The molecule has 6 aliphatic heterocycles. The highest BCUT2D eigenvalue weighted by atomic mass is 16.8. The van der Waals surface area contributed by atoms with E-state index in [4.69, 9.17) is 47.4 Å². The Labute approximate surface area is 420 Å². The van der Waals surface area contributed by atoms with E-state index in [1.807, 2.05) is 0 Å². The van der Waals surface area contributed by atoms with E-state index >= 15 is 0 Å². The SMILES string of the molecule is CC1CCC2(OC1)OC1CC3C4CC=C5CC(OC6OC(CO)C(OC7OC(CO)C(O)C(OC8OC(C)C(O)C(O)C8O)C7O)C(O)C6OC6OC(C)C(O)C(O)C6O)CCC5(C)C4CCC3(C)C1C2C. The summed E-state index contributed by atoms with van der Waals surface area (Å²) in [5.74, 6) is 2.37. The Balaban J connectivity index is 0.857. The van der Waals surface area contributed by atoms with Gasteiger partial charge in [-0.2, -0.15) is 0 Å². The van der Waals surface area contributed by atoms with E-state index in [1.165, 1.54) is 19.4 Å². The molecule has 31 atom stereocenters. The highest BCUT2D eigenvalue weighted by molar-refractivity contribution is 5.26. The van der Waals surface area contributed by atoms with Crippen LogP contribution in [0.3, 0.4) is 0 Å². The first-order valence-electron chi connectivity index (χ1n) is 26.7. The van der Waals surface area contributed by atoms with E-state index in [2.05, 4.69) is 33.8 Å². The van der Waals surface area contributed by atoms with Gasteiger partial charge in [-0.05, 0) is 106 Å². The lowest BCUT2D eigenvalue weighted by atomic mass is 9.47. The Hall–Kier alpha value is -1.10. The van der Waals surface area contributed by atoms with Gasteiger partial charge in [-0.25, -0.2) is 0 Å². The first kappa shape index (κ1) is 54.3. The number of fused-ring (bicyclic) bond motifs is 7. The second-order valence-corrected chi connectivity index (χ2v) is 23.9. The molecule has 0 aromatic rings. The molecule has 6 saturated heterocycles. The van der Waals surface area contributed by atoms with E-state index in [9.17, 15) is 56.2 Å². The maximum atomic E-state index is 12.3. The Morgan fingerprint density at radius 2 is 1.19 bits per heavy atom. The number of rotatable bonds is 10. The number of aliphatic hydroxyl groups is 11. The van der Waals surface area contributed by atoms with E-state index in [-0.39, 0.29) is 16.9 Å². The molecule has 21 nitrogen and oxygen atoms in total. The van der Waals surface area contributed by atoms with Crippen molar-refractivity contribution >= 4 is 0 Å². The van der Waals surface area contributed by atoms with Crippen LogP contribution in [0.1, 0.15) is 99.3 Å². The predicted octanol–water partition coefficient (Wildman–Crippen LogP) is -0.934. The van der Waals surface area contributed by atoms with Gasteiger partial charge in [0.1, 0.15) is 85.5 Å². The third kappa shape index (κ3) is 9.09. The van der Waals surface area contributed by atoms with Gasteiger partial charge in [0.2, 0.25) is 0 Å². The van der Waals surface area contributed by atoms with Crippen LogP contribution < -0.4 is 0 Å². The van der Waals surface area contributed by atoms with Crippen LogP contribution in [0.5, 0.6) is 0 Å². The summed E-state index contributed by atoms with van der Waals surface area (Å²) in [7, 11) is 0. The molecule has 10 aliphatic rings. The van der Waals surface area contributed by atoms with Crippen molar-refractivity contribution in [3.8, 4) is 0 Å². The lowest BCUT2D eigenvalue weighted by molar-refractivity contribution is -0.396. The van der Waals surface area contributed by atoms with Crippen LogP contribution in [0.15, 0.2) is 11.6 Å². The van der Waals surface area contributed by atoms with Crippen molar-refractivity contribution in [2.24, 2.45) is 46.3 Å². The predicted molar refractivity (Wildman–Crippen MR) is 245 cm³/mol. The highest BCUT2D eigenvalue weighted by Gasteiger charge is 2.69. The molecule has 6 heterocycles. The maximum Gasteiger partial charge on any atom is 0.187 e. The zero-order chi connectivity index (χ0) is 51.5. The molecule has 0 aromatic carbocycles. The van der Waals surface area contributed by atoms with Crippen molar-refractivity contribution in [3.63, 3.8) is 0 Å². The largest absolute Gasteiger partial charge is 0.394 e. The summed E-state index contributed by atoms with van der Waals surface area (Å²) < 4.78 is 62.0.